The van der Waals surface area contributed by atoms with Crippen molar-refractivity contribution < 1.29 is 4.48 Å². The molecular weight excluding hydrogens is 457 g/mol. The highest BCUT2D eigenvalue weighted by molar-refractivity contribution is 6.30. The summed E-state index contributed by atoms with van der Waals surface area (Å²) in [4.78, 5) is 4.35. The van der Waals surface area contributed by atoms with Gasteiger partial charge in [-0.3, -0.25) is 4.98 Å². The van der Waals surface area contributed by atoms with Crippen LogP contribution in [-0.2, 0) is 6.42 Å². The fourth-order valence-electron chi connectivity index (χ4n) is 4.02. The summed E-state index contributed by atoms with van der Waals surface area (Å²) in [6.45, 7) is 4.24. The van der Waals surface area contributed by atoms with Gasteiger partial charge in [0.2, 0.25) is 0 Å². The van der Waals surface area contributed by atoms with Crippen LogP contribution in [0.2, 0.25) is 5.02 Å². The number of benzene rings is 3. The Bertz CT molecular complexity index is 1270. The van der Waals surface area contributed by atoms with Crippen molar-refractivity contribution in [1.29, 1.82) is 0 Å². The Morgan fingerprint density at radius 1 is 0.886 bits per heavy atom. The zero-order chi connectivity index (χ0) is 24.6. The minimum absolute atomic E-state index is 0.331. The molecule has 5 heteroatoms. The Balaban J connectivity index is 1.50. The van der Waals surface area contributed by atoms with E-state index in [-0.39, 0.29) is 0 Å². The molecule has 0 fully saturated rings. The summed E-state index contributed by atoms with van der Waals surface area (Å²) < 4.78 is 13.8. The minimum atomic E-state index is 0.331. The first kappa shape index (κ1) is 24.5. The van der Waals surface area contributed by atoms with E-state index in [0.717, 1.165) is 62.2 Å². The fourth-order valence-corrected chi connectivity index (χ4v) is 4.14. The summed E-state index contributed by atoms with van der Waals surface area (Å²) in [7, 11) is 0. The van der Waals surface area contributed by atoms with E-state index in [0.29, 0.717) is 12.2 Å². The van der Waals surface area contributed by atoms with Gasteiger partial charge in [-0.15, -0.1) is 0 Å². The first-order valence-electron chi connectivity index (χ1n) is 11.9. The number of aromatic nitrogens is 1. The van der Waals surface area contributed by atoms with Crippen molar-refractivity contribution in [3.63, 3.8) is 0 Å². The Morgan fingerprint density at radius 2 is 1.54 bits per heavy atom. The van der Waals surface area contributed by atoms with Crippen molar-refractivity contribution in [1.82, 2.24) is 4.98 Å². The molecule has 0 unspecified atom stereocenters. The van der Waals surface area contributed by atoms with Gasteiger partial charge in [-0.05, 0) is 78.1 Å². The summed E-state index contributed by atoms with van der Waals surface area (Å²) in [6, 6.07) is 25.9. The van der Waals surface area contributed by atoms with E-state index in [2.05, 4.69) is 47.6 Å². The van der Waals surface area contributed by atoms with Gasteiger partial charge in [-0.1, -0.05) is 65.5 Å². The third-order valence-electron chi connectivity index (χ3n) is 5.82. The third kappa shape index (κ3) is 6.28. The Kier molecular flexibility index (Phi) is 8.17. The molecule has 0 amide bonds. The number of allylic oxidation sites excluding steroid dienone is 2. The van der Waals surface area contributed by atoms with Gasteiger partial charge >= 0.3 is 0 Å². The molecule has 0 aliphatic heterocycles. The monoisotopic (exact) mass is 485 g/mol. The summed E-state index contributed by atoms with van der Waals surface area (Å²) in [5.41, 5.74) is 8.22. The lowest BCUT2D eigenvalue weighted by molar-refractivity contribution is 0.444. The molecule has 0 saturated carbocycles. The van der Waals surface area contributed by atoms with Gasteiger partial charge in [0, 0.05) is 47.3 Å². The number of nitrogens with zero attached hydrogens (tertiary/aromatic N) is 2. The molecule has 0 aliphatic carbocycles. The molecule has 0 radical (unpaired) electrons. The van der Waals surface area contributed by atoms with Crippen molar-refractivity contribution in [2.45, 2.75) is 26.7 Å². The Hall–Kier alpha value is -3.63. The second-order valence-electron chi connectivity index (χ2n) is 8.29. The highest BCUT2D eigenvalue weighted by Crippen LogP contribution is 2.32. The maximum Gasteiger partial charge on any atom is 0.0687 e. The topological polar surface area (TPSA) is 28.2 Å². The van der Waals surface area contributed by atoms with Crippen LogP contribution in [0.25, 0.3) is 22.3 Å². The van der Waals surface area contributed by atoms with Gasteiger partial charge < -0.3 is 5.32 Å². The van der Waals surface area contributed by atoms with Gasteiger partial charge in [-0.2, -0.15) is 0 Å². The molecule has 1 heterocycles. The molecule has 35 heavy (non-hydrogen) atoms. The molecule has 4 aromatic rings. The summed E-state index contributed by atoms with van der Waals surface area (Å²) in [6.07, 6.45) is 7.57. The normalized spacial score (nSPS) is 11.4. The van der Waals surface area contributed by atoms with E-state index in [1.165, 1.54) is 0 Å². The highest BCUT2D eigenvalue weighted by Gasteiger charge is 2.09. The number of rotatable bonds is 9. The smallest absolute Gasteiger partial charge is 0.0687 e. The van der Waals surface area contributed by atoms with Gasteiger partial charge in [0.15, 0.2) is 0 Å². The van der Waals surface area contributed by atoms with E-state index in [9.17, 15) is 4.48 Å². The minimum Gasteiger partial charge on any atom is -0.359 e. The van der Waals surface area contributed by atoms with Crippen LogP contribution in [0, 0.1) is 0 Å². The number of hydrogen-bond acceptors (Lipinski definition) is 3. The first-order valence-corrected chi connectivity index (χ1v) is 12.2. The zero-order valence-corrected chi connectivity index (χ0v) is 20.8. The van der Waals surface area contributed by atoms with Crippen LogP contribution in [0.3, 0.4) is 0 Å². The highest BCUT2D eigenvalue weighted by atomic mass is 35.5. The van der Waals surface area contributed by atoms with Crippen LogP contribution in [0.1, 0.15) is 25.8 Å². The quantitative estimate of drug-likeness (QED) is 0.240. The molecule has 0 atom stereocenters. The first-order chi connectivity index (χ1) is 17.1. The molecule has 3 nitrogen and oxygen atoms in total. The molecule has 4 rings (SSSR count). The number of hydrogen-bond donors (Lipinski definition) is 1. The van der Waals surface area contributed by atoms with E-state index in [1.807, 2.05) is 67.0 Å². The molecule has 0 spiro atoms. The van der Waals surface area contributed by atoms with E-state index in [1.54, 1.807) is 6.92 Å². The van der Waals surface area contributed by atoms with Crippen LogP contribution in [0.15, 0.2) is 103 Å². The molecule has 0 aliphatic rings. The van der Waals surface area contributed by atoms with E-state index in [4.69, 9.17) is 11.6 Å². The molecule has 178 valence electrons. The summed E-state index contributed by atoms with van der Waals surface area (Å²) >= 11 is 6.07. The maximum atomic E-state index is 13.8. The SMILES string of the molecule is CC/C=C(\Cc1ccc(N(F)CC)cc1)Nc1ccc(-c2cnccc2-c2ccc(Cl)cc2)cc1. The van der Waals surface area contributed by atoms with Crippen molar-refractivity contribution in [3.8, 4) is 22.3 Å². The molecule has 1 N–H and O–H groups in total. The largest absolute Gasteiger partial charge is 0.359 e. The average molecular weight is 486 g/mol. The Morgan fingerprint density at radius 3 is 2.20 bits per heavy atom. The number of nitrogens with one attached hydrogen (secondary N) is 1. The lowest BCUT2D eigenvalue weighted by Gasteiger charge is -2.15. The van der Waals surface area contributed by atoms with Crippen LogP contribution < -0.4 is 10.4 Å². The van der Waals surface area contributed by atoms with Gasteiger partial charge in [-0.25, -0.2) is 5.12 Å². The van der Waals surface area contributed by atoms with Gasteiger partial charge in [0.05, 0.1) is 5.69 Å². The van der Waals surface area contributed by atoms with E-state index < -0.39 is 0 Å². The Labute approximate surface area is 211 Å². The molecule has 3 aromatic carbocycles. The van der Waals surface area contributed by atoms with Crippen LogP contribution in [0.5, 0.6) is 0 Å². The fraction of sp³-hybridized carbons (Fsp3) is 0.167. The van der Waals surface area contributed by atoms with Crippen molar-refractivity contribution >= 4 is 23.0 Å². The van der Waals surface area contributed by atoms with Crippen LogP contribution in [0.4, 0.5) is 15.9 Å². The zero-order valence-electron chi connectivity index (χ0n) is 20.0. The predicted octanol–water partition coefficient (Wildman–Crippen LogP) is 8.73. The predicted molar refractivity (Wildman–Crippen MR) is 146 cm³/mol. The van der Waals surface area contributed by atoms with Crippen molar-refractivity contribution in [2.24, 2.45) is 0 Å². The van der Waals surface area contributed by atoms with Crippen molar-refractivity contribution in [2.75, 3.05) is 17.0 Å². The average Bonchev–Trinajstić information content (AvgIpc) is 2.90. The lowest BCUT2D eigenvalue weighted by atomic mass is 9.96. The van der Waals surface area contributed by atoms with Crippen LogP contribution in [-0.4, -0.2) is 11.5 Å². The van der Waals surface area contributed by atoms with Gasteiger partial charge in [0.1, 0.15) is 0 Å². The van der Waals surface area contributed by atoms with Crippen LogP contribution >= 0.6 is 11.6 Å². The second kappa shape index (κ2) is 11.7. The third-order valence-corrected chi connectivity index (χ3v) is 6.07. The molecule has 1 aromatic heterocycles. The molecular formula is C30H29ClFN3. The molecule has 0 saturated heterocycles. The standard InChI is InChI=1S/C30H29ClFN3/c1-3-5-27(20-22-6-16-28(17-7-22)35(32)4-2)34-26-14-10-24(11-15-26)30-21-33-19-18-29(30)23-8-12-25(31)13-9-23/h5-19,21,34H,3-4,20H2,1-2H3/b27-5+. The number of pyridine rings is 1. The second-order valence-corrected chi connectivity index (χ2v) is 8.73. The lowest BCUT2D eigenvalue weighted by Crippen LogP contribution is -2.10. The van der Waals surface area contributed by atoms with E-state index >= 15 is 0 Å². The molecule has 0 bridgehead atoms. The van der Waals surface area contributed by atoms with Gasteiger partial charge in [0.25, 0.3) is 0 Å². The number of halogens is 2. The maximum absolute atomic E-state index is 13.8. The number of anilines is 2. The summed E-state index contributed by atoms with van der Waals surface area (Å²) in [5.74, 6) is 0. The summed E-state index contributed by atoms with van der Waals surface area (Å²) in [5, 5.41) is 5.02. The van der Waals surface area contributed by atoms with Crippen molar-refractivity contribution in [3.05, 3.63) is 114 Å².